The Kier molecular flexibility index (Phi) is 5.45. The van der Waals surface area contributed by atoms with Gasteiger partial charge in [-0.05, 0) is 65.7 Å². The van der Waals surface area contributed by atoms with Crippen molar-refractivity contribution in [1.29, 1.82) is 0 Å². The Bertz CT molecular complexity index is 1330. The van der Waals surface area contributed by atoms with E-state index < -0.39 is 0 Å². The molecule has 4 nitrogen and oxygen atoms in total. The molecule has 152 valence electrons. The van der Waals surface area contributed by atoms with Crippen LogP contribution in [-0.2, 0) is 6.61 Å². The number of ether oxygens (including phenoxy) is 1. The number of rotatable bonds is 5. The first-order valence-corrected chi connectivity index (χ1v) is 10.9. The molecular formula is C25H17BrClN3O. The lowest BCUT2D eigenvalue weighted by molar-refractivity contribution is 0.306. The SMILES string of the molecule is Clc1ccc(COc2ccc(-c3ccnc4c(-c5ccc(Br)cc5)cnn34)cc2)cc1. The molecule has 0 atom stereocenters. The van der Waals surface area contributed by atoms with Gasteiger partial charge >= 0.3 is 0 Å². The smallest absolute Gasteiger partial charge is 0.163 e. The third kappa shape index (κ3) is 4.20. The summed E-state index contributed by atoms with van der Waals surface area (Å²) in [6.07, 6.45) is 3.68. The van der Waals surface area contributed by atoms with Crippen molar-refractivity contribution in [3.05, 3.63) is 106 Å². The quantitative estimate of drug-likeness (QED) is 0.265. The van der Waals surface area contributed by atoms with Gasteiger partial charge in [0.25, 0.3) is 0 Å². The summed E-state index contributed by atoms with van der Waals surface area (Å²) in [4.78, 5) is 4.57. The largest absolute Gasteiger partial charge is 0.489 e. The molecule has 0 unspecified atom stereocenters. The van der Waals surface area contributed by atoms with Crippen molar-refractivity contribution in [2.45, 2.75) is 6.61 Å². The molecule has 3 aromatic carbocycles. The minimum atomic E-state index is 0.492. The molecule has 0 radical (unpaired) electrons. The van der Waals surface area contributed by atoms with Gasteiger partial charge in [-0.2, -0.15) is 5.10 Å². The normalized spacial score (nSPS) is 11.0. The summed E-state index contributed by atoms with van der Waals surface area (Å²) in [6.45, 7) is 0.492. The van der Waals surface area contributed by atoms with Gasteiger partial charge in [-0.15, -0.1) is 0 Å². The van der Waals surface area contributed by atoms with Crippen LogP contribution in [0.2, 0.25) is 5.02 Å². The maximum Gasteiger partial charge on any atom is 0.163 e. The average molecular weight is 491 g/mol. The summed E-state index contributed by atoms with van der Waals surface area (Å²) in [6, 6.07) is 25.8. The standard InChI is InChI=1S/C25H17BrClN3O/c26-20-7-3-18(4-8-20)23-15-29-30-24(13-14-28-25(23)30)19-5-11-22(12-6-19)31-16-17-1-9-21(27)10-2-17/h1-15H,16H2. The van der Waals surface area contributed by atoms with Crippen LogP contribution in [0.15, 0.2) is 95.7 Å². The number of aromatic nitrogens is 3. The Balaban J connectivity index is 1.40. The molecule has 0 aliphatic carbocycles. The van der Waals surface area contributed by atoms with Crippen LogP contribution in [0.1, 0.15) is 5.56 Å². The highest BCUT2D eigenvalue weighted by atomic mass is 79.9. The van der Waals surface area contributed by atoms with Gasteiger partial charge in [0.15, 0.2) is 5.65 Å². The first-order chi connectivity index (χ1) is 15.2. The van der Waals surface area contributed by atoms with Crippen molar-refractivity contribution in [3.63, 3.8) is 0 Å². The molecule has 0 amide bonds. The molecule has 5 rings (SSSR count). The summed E-state index contributed by atoms with van der Waals surface area (Å²) in [5.74, 6) is 0.806. The molecule has 0 fully saturated rings. The summed E-state index contributed by atoms with van der Waals surface area (Å²) >= 11 is 9.42. The molecule has 6 heteroatoms. The number of hydrogen-bond donors (Lipinski definition) is 0. The molecule has 2 heterocycles. The van der Waals surface area contributed by atoms with E-state index in [9.17, 15) is 0 Å². The van der Waals surface area contributed by atoms with Crippen molar-refractivity contribution in [1.82, 2.24) is 14.6 Å². The van der Waals surface area contributed by atoms with Crippen LogP contribution in [0.3, 0.4) is 0 Å². The van der Waals surface area contributed by atoms with Gasteiger partial charge in [0.1, 0.15) is 12.4 Å². The van der Waals surface area contributed by atoms with E-state index >= 15 is 0 Å². The molecule has 0 aliphatic rings. The summed E-state index contributed by atoms with van der Waals surface area (Å²) in [5.41, 5.74) is 5.98. The number of hydrogen-bond acceptors (Lipinski definition) is 3. The van der Waals surface area contributed by atoms with Gasteiger partial charge in [0.2, 0.25) is 0 Å². The minimum Gasteiger partial charge on any atom is -0.489 e. The van der Waals surface area contributed by atoms with Crippen LogP contribution in [-0.4, -0.2) is 14.6 Å². The average Bonchev–Trinajstić information content (AvgIpc) is 3.24. The Morgan fingerprint density at radius 3 is 2.29 bits per heavy atom. The van der Waals surface area contributed by atoms with Crippen molar-refractivity contribution < 1.29 is 4.74 Å². The highest BCUT2D eigenvalue weighted by molar-refractivity contribution is 9.10. The first kappa shape index (κ1) is 19.8. The van der Waals surface area contributed by atoms with Crippen LogP contribution in [0.4, 0.5) is 0 Å². The second kappa shape index (κ2) is 8.53. The van der Waals surface area contributed by atoms with E-state index in [2.05, 4.69) is 38.1 Å². The minimum absolute atomic E-state index is 0.492. The first-order valence-electron chi connectivity index (χ1n) is 9.74. The van der Waals surface area contributed by atoms with E-state index in [4.69, 9.17) is 16.3 Å². The molecule has 0 spiro atoms. The summed E-state index contributed by atoms with van der Waals surface area (Å²) in [5, 5.41) is 5.32. The van der Waals surface area contributed by atoms with Crippen molar-refractivity contribution in [2.24, 2.45) is 0 Å². The van der Waals surface area contributed by atoms with Crippen molar-refractivity contribution in [3.8, 4) is 28.1 Å². The van der Waals surface area contributed by atoms with Crippen LogP contribution in [0, 0.1) is 0 Å². The fourth-order valence-corrected chi connectivity index (χ4v) is 3.80. The van der Waals surface area contributed by atoms with Crippen molar-refractivity contribution in [2.75, 3.05) is 0 Å². The van der Waals surface area contributed by atoms with Crippen LogP contribution < -0.4 is 4.74 Å². The zero-order valence-corrected chi connectivity index (χ0v) is 18.7. The monoisotopic (exact) mass is 489 g/mol. The Hall–Kier alpha value is -3.15. The molecule has 0 saturated heterocycles. The highest BCUT2D eigenvalue weighted by Gasteiger charge is 2.12. The van der Waals surface area contributed by atoms with Gasteiger partial charge in [0, 0.05) is 26.8 Å². The predicted molar refractivity (Wildman–Crippen MR) is 127 cm³/mol. The van der Waals surface area contributed by atoms with E-state index in [-0.39, 0.29) is 0 Å². The molecule has 2 aromatic heterocycles. The van der Waals surface area contributed by atoms with E-state index in [0.29, 0.717) is 6.61 Å². The second-order valence-electron chi connectivity index (χ2n) is 7.07. The molecule has 0 bridgehead atoms. The van der Waals surface area contributed by atoms with Crippen molar-refractivity contribution >= 4 is 33.2 Å². The van der Waals surface area contributed by atoms with Gasteiger partial charge in [0.05, 0.1) is 11.9 Å². The summed E-state index contributed by atoms with van der Waals surface area (Å²) in [7, 11) is 0. The maximum atomic E-state index is 5.93. The lowest BCUT2D eigenvalue weighted by Gasteiger charge is -2.09. The highest BCUT2D eigenvalue weighted by Crippen LogP contribution is 2.29. The molecule has 0 N–H and O–H groups in total. The van der Waals surface area contributed by atoms with Crippen LogP contribution in [0.5, 0.6) is 5.75 Å². The van der Waals surface area contributed by atoms with E-state index in [1.165, 1.54) is 0 Å². The number of benzene rings is 3. The van der Waals surface area contributed by atoms with E-state index in [0.717, 1.165) is 48.8 Å². The lowest BCUT2D eigenvalue weighted by Crippen LogP contribution is -1.97. The van der Waals surface area contributed by atoms with Gasteiger partial charge < -0.3 is 4.74 Å². The number of nitrogens with zero attached hydrogens (tertiary/aromatic N) is 3. The zero-order chi connectivity index (χ0) is 21.2. The summed E-state index contributed by atoms with van der Waals surface area (Å²) < 4.78 is 8.82. The Labute approximate surface area is 193 Å². The van der Waals surface area contributed by atoms with E-state index in [1.807, 2.05) is 83.6 Å². The van der Waals surface area contributed by atoms with Gasteiger partial charge in [-0.3, -0.25) is 0 Å². The Morgan fingerprint density at radius 2 is 1.55 bits per heavy atom. The number of fused-ring (bicyclic) bond motifs is 1. The van der Waals surface area contributed by atoms with E-state index in [1.54, 1.807) is 0 Å². The zero-order valence-electron chi connectivity index (χ0n) is 16.4. The topological polar surface area (TPSA) is 39.4 Å². The predicted octanol–water partition coefficient (Wildman–Crippen LogP) is 7.06. The van der Waals surface area contributed by atoms with Gasteiger partial charge in [-0.25, -0.2) is 9.50 Å². The molecule has 0 aliphatic heterocycles. The second-order valence-corrected chi connectivity index (χ2v) is 8.42. The van der Waals surface area contributed by atoms with Crippen LogP contribution in [0.25, 0.3) is 28.0 Å². The Morgan fingerprint density at radius 1 is 0.839 bits per heavy atom. The third-order valence-corrected chi connectivity index (χ3v) is 5.81. The fraction of sp³-hybridized carbons (Fsp3) is 0.0400. The molecule has 0 saturated carbocycles. The van der Waals surface area contributed by atoms with Crippen LogP contribution >= 0.6 is 27.5 Å². The number of halogens is 2. The molecule has 31 heavy (non-hydrogen) atoms. The molecular weight excluding hydrogens is 474 g/mol. The third-order valence-electron chi connectivity index (χ3n) is 5.03. The fourth-order valence-electron chi connectivity index (χ4n) is 3.41. The van der Waals surface area contributed by atoms with Gasteiger partial charge in [-0.1, -0.05) is 51.8 Å². The molecule has 5 aromatic rings. The lowest BCUT2D eigenvalue weighted by atomic mass is 10.1. The maximum absolute atomic E-state index is 5.93.